The first-order valence-corrected chi connectivity index (χ1v) is 7.83. The Bertz CT molecular complexity index is 391. The summed E-state index contributed by atoms with van der Waals surface area (Å²) in [4.78, 5) is 0. The lowest BCUT2D eigenvalue weighted by Gasteiger charge is -2.24. The Morgan fingerprint density at radius 2 is 2.17 bits per heavy atom. The predicted molar refractivity (Wildman–Crippen MR) is 77.6 cm³/mol. The van der Waals surface area contributed by atoms with Crippen molar-refractivity contribution in [2.45, 2.75) is 25.4 Å². The number of halogens is 1. The van der Waals surface area contributed by atoms with Crippen LogP contribution in [0.15, 0.2) is 18.2 Å². The Labute approximate surface area is 118 Å². The van der Waals surface area contributed by atoms with Crippen LogP contribution in [0.2, 0.25) is 5.02 Å². The van der Waals surface area contributed by atoms with Gasteiger partial charge in [0, 0.05) is 10.6 Å². The molecule has 100 valence electrons. The molecule has 0 aromatic heterocycles. The number of ether oxygens (including phenoxy) is 1. The highest BCUT2D eigenvalue weighted by Gasteiger charge is 2.21. The molecule has 0 amide bonds. The molecular formula is C14H19ClO2S. The van der Waals surface area contributed by atoms with Crippen molar-refractivity contribution in [2.75, 3.05) is 18.6 Å². The van der Waals surface area contributed by atoms with E-state index in [9.17, 15) is 5.11 Å². The van der Waals surface area contributed by atoms with Gasteiger partial charge < -0.3 is 9.84 Å². The van der Waals surface area contributed by atoms with Crippen molar-refractivity contribution < 1.29 is 9.84 Å². The summed E-state index contributed by atoms with van der Waals surface area (Å²) >= 11 is 7.99. The number of aliphatic hydroxyl groups excluding tert-OH is 1. The van der Waals surface area contributed by atoms with Crippen LogP contribution in [0.4, 0.5) is 0 Å². The average molecular weight is 287 g/mol. The summed E-state index contributed by atoms with van der Waals surface area (Å²) in [6, 6.07) is 5.41. The third-order valence-electron chi connectivity index (χ3n) is 3.45. The van der Waals surface area contributed by atoms with Gasteiger partial charge in [-0.25, -0.2) is 0 Å². The normalized spacial score (nSPS) is 18.6. The van der Waals surface area contributed by atoms with Gasteiger partial charge in [0.05, 0.1) is 13.2 Å². The first kappa shape index (κ1) is 14.0. The minimum atomic E-state index is -0.480. The van der Waals surface area contributed by atoms with Crippen LogP contribution in [0.1, 0.15) is 30.9 Å². The molecule has 1 aromatic rings. The van der Waals surface area contributed by atoms with Crippen LogP contribution < -0.4 is 4.74 Å². The highest BCUT2D eigenvalue weighted by atomic mass is 35.5. The van der Waals surface area contributed by atoms with E-state index in [1.807, 2.05) is 23.9 Å². The summed E-state index contributed by atoms with van der Waals surface area (Å²) < 4.78 is 5.29. The molecule has 0 aliphatic carbocycles. The number of hydrogen-bond donors (Lipinski definition) is 1. The summed E-state index contributed by atoms with van der Waals surface area (Å²) in [6.07, 6.45) is 2.72. The SMILES string of the molecule is COc1ccc(Cl)cc1C(O)CC1CCSCC1. The Morgan fingerprint density at radius 1 is 1.44 bits per heavy atom. The number of hydrogen-bond acceptors (Lipinski definition) is 3. The molecule has 0 radical (unpaired) electrons. The number of benzene rings is 1. The molecule has 1 aliphatic heterocycles. The number of thioether (sulfide) groups is 1. The maximum Gasteiger partial charge on any atom is 0.124 e. The zero-order valence-electron chi connectivity index (χ0n) is 10.6. The van der Waals surface area contributed by atoms with Crippen molar-refractivity contribution in [3.05, 3.63) is 28.8 Å². The van der Waals surface area contributed by atoms with Gasteiger partial charge >= 0.3 is 0 Å². The van der Waals surface area contributed by atoms with Gasteiger partial charge in [-0.1, -0.05) is 11.6 Å². The lowest BCUT2D eigenvalue weighted by Crippen LogP contribution is -2.14. The van der Waals surface area contributed by atoms with Gasteiger partial charge in [0.2, 0.25) is 0 Å². The molecule has 1 N–H and O–H groups in total. The first-order valence-electron chi connectivity index (χ1n) is 6.30. The molecule has 1 aliphatic rings. The van der Waals surface area contributed by atoms with Gasteiger partial charge in [0.15, 0.2) is 0 Å². The molecule has 2 nitrogen and oxygen atoms in total. The third kappa shape index (κ3) is 3.56. The number of rotatable bonds is 4. The monoisotopic (exact) mass is 286 g/mol. The Hall–Kier alpha value is -0.380. The molecule has 1 atom stereocenters. The second-order valence-electron chi connectivity index (χ2n) is 4.69. The van der Waals surface area contributed by atoms with Crippen LogP contribution in [0, 0.1) is 5.92 Å². The quantitative estimate of drug-likeness (QED) is 0.910. The predicted octanol–water partition coefficient (Wildman–Crippen LogP) is 3.92. The summed E-state index contributed by atoms with van der Waals surface area (Å²) in [7, 11) is 1.62. The largest absolute Gasteiger partial charge is 0.496 e. The molecule has 4 heteroatoms. The van der Waals surface area contributed by atoms with Crippen LogP contribution >= 0.6 is 23.4 Å². The molecule has 0 saturated carbocycles. The number of aliphatic hydroxyl groups is 1. The van der Waals surface area contributed by atoms with Gasteiger partial charge in [-0.15, -0.1) is 0 Å². The lowest BCUT2D eigenvalue weighted by atomic mass is 9.92. The Morgan fingerprint density at radius 3 is 2.83 bits per heavy atom. The van der Waals surface area contributed by atoms with Crippen LogP contribution in [-0.2, 0) is 0 Å². The van der Waals surface area contributed by atoms with E-state index >= 15 is 0 Å². The zero-order chi connectivity index (χ0) is 13.0. The maximum atomic E-state index is 10.4. The minimum Gasteiger partial charge on any atom is -0.496 e. The van der Waals surface area contributed by atoms with E-state index in [1.54, 1.807) is 13.2 Å². The van der Waals surface area contributed by atoms with Crippen molar-refractivity contribution in [3.8, 4) is 5.75 Å². The maximum absolute atomic E-state index is 10.4. The molecule has 1 unspecified atom stereocenters. The zero-order valence-corrected chi connectivity index (χ0v) is 12.1. The molecule has 18 heavy (non-hydrogen) atoms. The standard InChI is InChI=1S/C14H19ClO2S/c1-17-14-3-2-11(15)9-12(14)13(16)8-10-4-6-18-7-5-10/h2-3,9-10,13,16H,4-8H2,1H3. The van der Waals surface area contributed by atoms with Crippen molar-refractivity contribution in [3.63, 3.8) is 0 Å². The third-order valence-corrected chi connectivity index (χ3v) is 4.73. The molecule has 1 fully saturated rings. The Balaban J connectivity index is 2.07. The van der Waals surface area contributed by atoms with Crippen molar-refractivity contribution in [2.24, 2.45) is 5.92 Å². The van der Waals surface area contributed by atoms with Gasteiger partial charge in [-0.2, -0.15) is 11.8 Å². The highest BCUT2D eigenvalue weighted by molar-refractivity contribution is 7.99. The fraction of sp³-hybridized carbons (Fsp3) is 0.571. The van der Waals surface area contributed by atoms with E-state index in [0.717, 1.165) is 17.7 Å². The van der Waals surface area contributed by atoms with Crippen LogP contribution in [0.5, 0.6) is 5.75 Å². The highest BCUT2D eigenvalue weighted by Crippen LogP contribution is 2.35. The van der Waals surface area contributed by atoms with E-state index in [1.165, 1.54) is 24.3 Å². The second-order valence-corrected chi connectivity index (χ2v) is 6.35. The van der Waals surface area contributed by atoms with Crippen LogP contribution in [0.25, 0.3) is 0 Å². The van der Waals surface area contributed by atoms with E-state index in [-0.39, 0.29) is 0 Å². The van der Waals surface area contributed by atoms with Gasteiger partial charge in [-0.3, -0.25) is 0 Å². The molecule has 2 rings (SSSR count). The van der Waals surface area contributed by atoms with Crippen LogP contribution in [0.3, 0.4) is 0 Å². The summed E-state index contributed by atoms with van der Waals surface area (Å²) in [6.45, 7) is 0. The van der Waals surface area contributed by atoms with Crippen molar-refractivity contribution in [1.82, 2.24) is 0 Å². The molecular weight excluding hydrogens is 268 g/mol. The molecule has 1 aromatic carbocycles. The Kier molecular flexibility index (Phi) is 5.22. The lowest BCUT2D eigenvalue weighted by molar-refractivity contribution is 0.138. The van der Waals surface area contributed by atoms with E-state index in [4.69, 9.17) is 16.3 Å². The van der Waals surface area contributed by atoms with Gasteiger partial charge in [0.1, 0.15) is 5.75 Å². The summed E-state index contributed by atoms with van der Waals surface area (Å²) in [5, 5.41) is 11.0. The molecule has 1 saturated heterocycles. The first-order chi connectivity index (χ1) is 8.70. The topological polar surface area (TPSA) is 29.5 Å². The molecule has 0 bridgehead atoms. The van der Waals surface area contributed by atoms with Gasteiger partial charge in [0.25, 0.3) is 0 Å². The van der Waals surface area contributed by atoms with Gasteiger partial charge in [-0.05, 0) is 54.9 Å². The summed E-state index contributed by atoms with van der Waals surface area (Å²) in [5.74, 6) is 3.76. The van der Waals surface area contributed by atoms with Crippen molar-refractivity contribution >= 4 is 23.4 Å². The second kappa shape index (κ2) is 6.69. The number of methoxy groups -OCH3 is 1. The van der Waals surface area contributed by atoms with E-state index in [2.05, 4.69) is 0 Å². The van der Waals surface area contributed by atoms with E-state index in [0.29, 0.717) is 10.9 Å². The summed E-state index contributed by atoms with van der Waals surface area (Å²) in [5.41, 5.74) is 0.809. The smallest absolute Gasteiger partial charge is 0.124 e. The molecule has 0 spiro atoms. The molecule has 1 heterocycles. The fourth-order valence-electron chi connectivity index (χ4n) is 2.39. The minimum absolute atomic E-state index is 0.480. The van der Waals surface area contributed by atoms with E-state index < -0.39 is 6.10 Å². The average Bonchev–Trinajstić information content (AvgIpc) is 2.40. The fourth-order valence-corrected chi connectivity index (χ4v) is 3.78. The van der Waals surface area contributed by atoms with Crippen LogP contribution in [-0.4, -0.2) is 23.7 Å². The van der Waals surface area contributed by atoms with Crippen molar-refractivity contribution in [1.29, 1.82) is 0 Å².